The Bertz CT molecular complexity index is 1340. The highest BCUT2D eigenvalue weighted by Crippen LogP contribution is 2.55. The maximum Gasteiger partial charge on any atom is 0.530 e. The zero-order chi connectivity index (χ0) is 26.0. The standard InChI is InChI=1S/C22H24IN2O10P/c1-12-4-3-5-14-10-31-36(30,35-20(12)14)32-11-17-16(34-19(27)7-6-13(2)26)8-18(33-17)25-9-15(23)21(28)24-22(25)29/h3-5,9,16-18H,6-8,10-11H2,1-2H3,(H,24,28,29)/t16-,17+,18+,36?/m0/s1. The van der Waals surface area contributed by atoms with Gasteiger partial charge in [-0.15, -0.1) is 0 Å². The van der Waals surface area contributed by atoms with Gasteiger partial charge in [0.05, 0.1) is 23.2 Å². The monoisotopic (exact) mass is 634 g/mol. The van der Waals surface area contributed by atoms with Gasteiger partial charge in [0, 0.05) is 24.6 Å². The molecule has 36 heavy (non-hydrogen) atoms. The lowest BCUT2D eigenvalue weighted by atomic mass is 10.1. The van der Waals surface area contributed by atoms with Gasteiger partial charge in [0.15, 0.2) is 0 Å². The number of benzene rings is 1. The second-order valence-electron chi connectivity index (χ2n) is 8.41. The summed E-state index contributed by atoms with van der Waals surface area (Å²) in [6.45, 7) is 2.86. The van der Waals surface area contributed by atoms with Crippen molar-refractivity contribution in [3.8, 4) is 5.75 Å². The van der Waals surface area contributed by atoms with Crippen LogP contribution in [0.15, 0.2) is 34.0 Å². The molecule has 4 atom stereocenters. The van der Waals surface area contributed by atoms with Crippen LogP contribution in [0.25, 0.3) is 0 Å². The van der Waals surface area contributed by atoms with Gasteiger partial charge in [-0.3, -0.25) is 28.2 Å². The number of fused-ring (bicyclic) bond motifs is 1. The van der Waals surface area contributed by atoms with Crippen LogP contribution >= 0.6 is 30.4 Å². The van der Waals surface area contributed by atoms with Gasteiger partial charge in [-0.1, -0.05) is 18.2 Å². The van der Waals surface area contributed by atoms with Crippen molar-refractivity contribution < 1.29 is 37.2 Å². The van der Waals surface area contributed by atoms with Crippen molar-refractivity contribution in [2.24, 2.45) is 0 Å². The van der Waals surface area contributed by atoms with Crippen molar-refractivity contribution in [3.63, 3.8) is 0 Å². The van der Waals surface area contributed by atoms with E-state index in [-0.39, 0.29) is 41.8 Å². The number of phosphoric ester groups is 1. The smallest absolute Gasteiger partial charge is 0.459 e. The molecule has 0 radical (unpaired) electrons. The molecule has 3 heterocycles. The maximum atomic E-state index is 13.1. The number of ketones is 1. The van der Waals surface area contributed by atoms with Crippen LogP contribution in [0.3, 0.4) is 0 Å². The highest BCUT2D eigenvalue weighted by molar-refractivity contribution is 14.1. The highest BCUT2D eigenvalue weighted by atomic mass is 127. The van der Waals surface area contributed by atoms with E-state index >= 15 is 0 Å². The van der Waals surface area contributed by atoms with Crippen molar-refractivity contribution in [2.75, 3.05) is 6.61 Å². The van der Waals surface area contributed by atoms with Crippen molar-refractivity contribution in [1.29, 1.82) is 0 Å². The number of ether oxygens (including phenoxy) is 2. The van der Waals surface area contributed by atoms with Crippen molar-refractivity contribution >= 4 is 42.2 Å². The number of hydrogen-bond acceptors (Lipinski definition) is 10. The van der Waals surface area contributed by atoms with Gasteiger partial charge in [-0.05, 0) is 42.0 Å². The number of aryl methyl sites for hydroxylation is 1. The van der Waals surface area contributed by atoms with Crippen LogP contribution in [0.4, 0.5) is 0 Å². The van der Waals surface area contributed by atoms with E-state index in [1.165, 1.54) is 17.7 Å². The number of aromatic amines is 1. The third-order valence-corrected chi connectivity index (χ3v) is 7.74. The summed E-state index contributed by atoms with van der Waals surface area (Å²) in [5, 5.41) is 0. The Labute approximate surface area is 219 Å². The minimum Gasteiger partial charge on any atom is -0.459 e. The van der Waals surface area contributed by atoms with Crippen LogP contribution in [-0.4, -0.2) is 40.1 Å². The molecule has 14 heteroatoms. The van der Waals surface area contributed by atoms with E-state index in [2.05, 4.69) is 4.98 Å². The Hall–Kier alpha value is -2.32. The molecule has 4 rings (SSSR count). The third kappa shape index (κ3) is 6.14. The number of esters is 1. The van der Waals surface area contributed by atoms with Crippen LogP contribution in [0, 0.1) is 10.5 Å². The first-order valence-electron chi connectivity index (χ1n) is 11.1. The average Bonchev–Trinajstić information content (AvgIpc) is 3.21. The first kappa shape index (κ1) is 26.7. The molecule has 1 unspecified atom stereocenters. The fraction of sp³-hybridized carbons (Fsp3) is 0.455. The lowest BCUT2D eigenvalue weighted by Gasteiger charge is -2.27. The number of carbonyl (C=O) groups is 2. The summed E-state index contributed by atoms with van der Waals surface area (Å²) in [7, 11) is -4.01. The Morgan fingerprint density at radius 3 is 2.81 bits per heavy atom. The van der Waals surface area contributed by atoms with E-state index in [0.717, 1.165) is 11.1 Å². The summed E-state index contributed by atoms with van der Waals surface area (Å²) in [5.74, 6) is -0.380. The summed E-state index contributed by atoms with van der Waals surface area (Å²) < 4.78 is 42.5. The number of hydrogen-bond donors (Lipinski definition) is 1. The number of nitrogens with one attached hydrogen (secondary N) is 1. The zero-order valence-electron chi connectivity index (χ0n) is 19.4. The molecule has 0 amide bonds. The van der Waals surface area contributed by atoms with Crippen LogP contribution in [0.1, 0.15) is 43.5 Å². The molecule has 1 aromatic carbocycles. The number of rotatable bonds is 8. The number of para-hydroxylation sites is 1. The molecule has 2 aliphatic heterocycles. The summed E-state index contributed by atoms with van der Waals surface area (Å²) >= 11 is 1.78. The fourth-order valence-corrected chi connectivity index (χ4v) is 5.52. The van der Waals surface area contributed by atoms with Crippen molar-refractivity contribution in [2.45, 2.75) is 58.2 Å². The molecule has 0 aliphatic carbocycles. The number of Topliss-reactive ketones (excluding diaryl/α,β-unsaturated/α-hetero) is 1. The molecular formula is C22H24IN2O10P. The molecule has 1 saturated heterocycles. The number of nitrogens with zero attached hydrogens (tertiary/aromatic N) is 1. The predicted molar refractivity (Wildman–Crippen MR) is 133 cm³/mol. The van der Waals surface area contributed by atoms with Crippen LogP contribution in [0.5, 0.6) is 5.75 Å². The predicted octanol–water partition coefficient (Wildman–Crippen LogP) is 2.75. The number of phosphoric acid groups is 1. The van der Waals surface area contributed by atoms with Crippen molar-refractivity contribution in [1.82, 2.24) is 9.55 Å². The second kappa shape index (κ2) is 11.0. The minimum absolute atomic E-state index is 0.0181. The number of carbonyl (C=O) groups excluding carboxylic acids is 2. The van der Waals surface area contributed by atoms with E-state index in [9.17, 15) is 23.7 Å². The lowest BCUT2D eigenvalue weighted by Crippen LogP contribution is -2.33. The lowest BCUT2D eigenvalue weighted by molar-refractivity contribution is -0.153. The van der Waals surface area contributed by atoms with E-state index < -0.39 is 43.5 Å². The first-order chi connectivity index (χ1) is 17.0. The summed E-state index contributed by atoms with van der Waals surface area (Å²) in [6.07, 6.45) is -1.46. The Morgan fingerprint density at radius 2 is 2.06 bits per heavy atom. The molecule has 1 N–H and O–H groups in total. The molecule has 12 nitrogen and oxygen atoms in total. The molecular weight excluding hydrogens is 610 g/mol. The molecule has 0 spiro atoms. The van der Waals surface area contributed by atoms with Crippen LogP contribution in [0.2, 0.25) is 0 Å². The largest absolute Gasteiger partial charge is 0.530 e. The van der Waals surface area contributed by atoms with Gasteiger partial charge in [-0.2, -0.15) is 0 Å². The zero-order valence-corrected chi connectivity index (χ0v) is 22.5. The number of halogens is 1. The quantitative estimate of drug-likeness (QED) is 0.261. The van der Waals surface area contributed by atoms with Crippen LogP contribution < -0.4 is 15.8 Å². The van der Waals surface area contributed by atoms with Gasteiger partial charge in [0.2, 0.25) is 0 Å². The normalized spacial score (nSPS) is 25.1. The molecule has 194 valence electrons. The SMILES string of the molecule is CC(=O)CCC(=O)O[C@H]1C[C@H](n2cc(I)c(=O)[nH]c2=O)O[C@@H]1COP1(=O)OCc2cccc(C)c2O1. The molecule has 0 bridgehead atoms. The molecule has 1 aromatic heterocycles. The molecule has 2 aliphatic rings. The van der Waals surface area contributed by atoms with Crippen molar-refractivity contribution in [3.05, 3.63) is 59.9 Å². The highest BCUT2D eigenvalue weighted by Gasteiger charge is 2.43. The van der Waals surface area contributed by atoms with Crippen LogP contribution in [-0.2, 0) is 39.3 Å². The average molecular weight is 634 g/mol. The third-order valence-electron chi connectivity index (χ3n) is 5.65. The molecule has 2 aromatic rings. The number of aromatic nitrogens is 2. The fourth-order valence-electron chi connectivity index (χ4n) is 3.80. The van der Waals surface area contributed by atoms with Gasteiger partial charge in [0.1, 0.15) is 30.0 Å². The first-order valence-corrected chi connectivity index (χ1v) is 13.6. The molecule has 1 fully saturated rings. The van der Waals surface area contributed by atoms with Gasteiger partial charge >= 0.3 is 19.5 Å². The van der Waals surface area contributed by atoms with E-state index in [0.29, 0.717) is 5.75 Å². The maximum absolute atomic E-state index is 13.1. The summed E-state index contributed by atoms with van der Waals surface area (Å²) in [4.78, 5) is 49.8. The van der Waals surface area contributed by atoms with E-state index in [4.69, 9.17) is 23.0 Å². The Morgan fingerprint density at radius 1 is 1.28 bits per heavy atom. The van der Waals surface area contributed by atoms with E-state index in [1.807, 2.05) is 6.07 Å². The van der Waals surface area contributed by atoms with E-state index in [1.54, 1.807) is 41.6 Å². The summed E-state index contributed by atoms with van der Waals surface area (Å²) in [5.41, 5.74) is 0.252. The minimum atomic E-state index is -4.01. The number of H-pyrrole nitrogens is 1. The Balaban J connectivity index is 1.50. The molecule has 0 saturated carbocycles. The second-order valence-corrected chi connectivity index (χ2v) is 11.2. The van der Waals surface area contributed by atoms with Gasteiger partial charge in [-0.25, -0.2) is 9.36 Å². The topological polar surface area (TPSA) is 152 Å². The summed E-state index contributed by atoms with van der Waals surface area (Å²) in [6, 6.07) is 5.42. The van der Waals surface area contributed by atoms with Gasteiger partial charge < -0.3 is 18.8 Å². The van der Waals surface area contributed by atoms with Gasteiger partial charge in [0.25, 0.3) is 5.56 Å². The Kier molecular flexibility index (Phi) is 8.15.